The highest BCUT2D eigenvalue weighted by molar-refractivity contribution is 6.22. The smallest absolute Gasteiger partial charge is 0.167 e. The van der Waals surface area contributed by atoms with Crippen LogP contribution in [-0.4, -0.2) is 24.1 Å². The first-order chi connectivity index (χ1) is 12.5. The minimum absolute atomic E-state index is 0.109. The number of aryl methyl sites for hydroxylation is 3. The third kappa shape index (κ3) is 3.59. The molecule has 142 valence electrons. The molecular weight excluding hydrogens is 324 g/mol. The summed E-state index contributed by atoms with van der Waals surface area (Å²) >= 11 is 0. The van der Waals surface area contributed by atoms with E-state index < -0.39 is 0 Å². The standard InChI is InChI=1S/C23H32O3/c1-5-16-9-14(3)10-17(6-2)22(16)23-20(24)11-19(12-21(23)25)15(4)18-7-8-26-13-18/h9-10,15,18-19,24H,5-8,11-13H2,1-4H3. The summed E-state index contributed by atoms with van der Waals surface area (Å²) < 4.78 is 5.53. The quantitative estimate of drug-likeness (QED) is 0.804. The van der Waals surface area contributed by atoms with Gasteiger partial charge in [0.05, 0.1) is 5.57 Å². The minimum Gasteiger partial charge on any atom is -0.512 e. The van der Waals surface area contributed by atoms with Gasteiger partial charge in [-0.1, -0.05) is 38.5 Å². The molecule has 3 atom stereocenters. The highest BCUT2D eigenvalue weighted by Gasteiger charge is 2.36. The van der Waals surface area contributed by atoms with Crippen LogP contribution in [-0.2, 0) is 22.4 Å². The first kappa shape index (κ1) is 19.2. The summed E-state index contributed by atoms with van der Waals surface area (Å²) in [7, 11) is 0. The zero-order valence-electron chi connectivity index (χ0n) is 16.6. The lowest BCUT2D eigenvalue weighted by Gasteiger charge is -2.32. The molecule has 3 unspecified atom stereocenters. The summed E-state index contributed by atoms with van der Waals surface area (Å²) in [5.74, 6) is 1.54. The van der Waals surface area contributed by atoms with Gasteiger partial charge in [0.1, 0.15) is 5.76 Å². The van der Waals surface area contributed by atoms with E-state index in [1.54, 1.807) is 0 Å². The maximum atomic E-state index is 13.1. The molecule has 0 saturated carbocycles. The van der Waals surface area contributed by atoms with Crippen LogP contribution in [0, 0.1) is 24.7 Å². The molecule has 1 N–H and O–H groups in total. The summed E-state index contributed by atoms with van der Waals surface area (Å²) in [5, 5.41) is 10.9. The fourth-order valence-electron chi connectivity index (χ4n) is 4.75. The van der Waals surface area contributed by atoms with Gasteiger partial charge in [-0.25, -0.2) is 0 Å². The van der Waals surface area contributed by atoms with Crippen LogP contribution in [0.15, 0.2) is 17.9 Å². The number of carbonyl (C=O) groups is 1. The highest BCUT2D eigenvalue weighted by atomic mass is 16.5. The minimum atomic E-state index is 0.109. The van der Waals surface area contributed by atoms with Crippen LogP contribution in [0.25, 0.3) is 5.57 Å². The van der Waals surface area contributed by atoms with Crippen molar-refractivity contribution in [2.45, 2.75) is 59.8 Å². The number of aliphatic hydroxyl groups is 1. The Morgan fingerprint density at radius 1 is 1.15 bits per heavy atom. The average Bonchev–Trinajstić information content (AvgIpc) is 3.15. The van der Waals surface area contributed by atoms with Crippen molar-refractivity contribution >= 4 is 11.4 Å². The van der Waals surface area contributed by atoms with Crippen LogP contribution in [0.3, 0.4) is 0 Å². The number of aliphatic hydroxyl groups excluding tert-OH is 1. The molecule has 3 nitrogen and oxygen atoms in total. The van der Waals surface area contributed by atoms with Crippen LogP contribution < -0.4 is 0 Å². The second-order valence-electron chi connectivity index (χ2n) is 8.06. The Morgan fingerprint density at radius 3 is 2.31 bits per heavy atom. The lowest BCUT2D eigenvalue weighted by molar-refractivity contribution is -0.115. The molecule has 0 bridgehead atoms. The third-order valence-corrected chi connectivity index (χ3v) is 6.38. The van der Waals surface area contributed by atoms with E-state index >= 15 is 0 Å². The molecule has 1 aliphatic carbocycles. The Morgan fingerprint density at radius 2 is 1.81 bits per heavy atom. The van der Waals surface area contributed by atoms with Gasteiger partial charge in [0, 0.05) is 26.1 Å². The van der Waals surface area contributed by atoms with Crippen molar-refractivity contribution in [3.8, 4) is 0 Å². The molecule has 1 aromatic rings. The van der Waals surface area contributed by atoms with Gasteiger partial charge in [0.25, 0.3) is 0 Å². The molecule has 1 aliphatic heterocycles. The van der Waals surface area contributed by atoms with E-state index in [0.717, 1.165) is 38.0 Å². The predicted octanol–water partition coefficient (Wildman–Crippen LogP) is 5.04. The predicted molar refractivity (Wildman–Crippen MR) is 105 cm³/mol. The number of ether oxygens (including phenoxy) is 1. The van der Waals surface area contributed by atoms with Crippen LogP contribution >= 0.6 is 0 Å². The Hall–Kier alpha value is -1.61. The Kier molecular flexibility index (Phi) is 5.86. The van der Waals surface area contributed by atoms with Crippen molar-refractivity contribution in [3.05, 3.63) is 40.1 Å². The van der Waals surface area contributed by atoms with E-state index in [9.17, 15) is 9.90 Å². The van der Waals surface area contributed by atoms with Gasteiger partial charge in [0.15, 0.2) is 5.78 Å². The number of Topliss-reactive ketones (excluding diaryl/α,β-unsaturated/α-hetero) is 1. The van der Waals surface area contributed by atoms with Crippen molar-refractivity contribution in [2.75, 3.05) is 13.2 Å². The van der Waals surface area contributed by atoms with Crippen molar-refractivity contribution in [3.63, 3.8) is 0 Å². The number of allylic oxidation sites excluding steroid dienone is 2. The lowest BCUT2D eigenvalue weighted by atomic mass is 9.72. The van der Waals surface area contributed by atoms with Gasteiger partial charge in [-0.3, -0.25) is 4.79 Å². The fraction of sp³-hybridized carbons (Fsp3) is 0.609. The van der Waals surface area contributed by atoms with Crippen LogP contribution in [0.4, 0.5) is 0 Å². The first-order valence-corrected chi connectivity index (χ1v) is 10.1. The summed E-state index contributed by atoms with van der Waals surface area (Å²) in [4.78, 5) is 13.1. The van der Waals surface area contributed by atoms with E-state index in [4.69, 9.17) is 4.74 Å². The average molecular weight is 357 g/mol. The highest BCUT2D eigenvalue weighted by Crippen LogP contribution is 2.41. The normalized spacial score (nSPS) is 25.0. The maximum Gasteiger partial charge on any atom is 0.167 e. The number of rotatable bonds is 5. The van der Waals surface area contributed by atoms with Gasteiger partial charge >= 0.3 is 0 Å². The third-order valence-electron chi connectivity index (χ3n) is 6.38. The largest absolute Gasteiger partial charge is 0.512 e. The SMILES string of the molecule is CCc1cc(C)cc(CC)c1C1=C(O)CC(C(C)C2CCOC2)CC1=O. The Balaban J connectivity index is 1.96. The lowest BCUT2D eigenvalue weighted by Crippen LogP contribution is -2.28. The molecule has 1 fully saturated rings. The van der Waals surface area contributed by atoms with Crippen molar-refractivity contribution in [1.29, 1.82) is 0 Å². The number of hydrogen-bond donors (Lipinski definition) is 1. The van der Waals surface area contributed by atoms with Crippen molar-refractivity contribution in [2.24, 2.45) is 17.8 Å². The van der Waals surface area contributed by atoms with E-state index in [1.807, 2.05) is 0 Å². The van der Waals surface area contributed by atoms with E-state index in [0.29, 0.717) is 36.0 Å². The molecule has 26 heavy (non-hydrogen) atoms. The molecule has 0 aromatic heterocycles. The number of hydrogen-bond acceptors (Lipinski definition) is 3. The van der Waals surface area contributed by atoms with Gasteiger partial charge in [-0.15, -0.1) is 0 Å². The molecule has 1 aromatic carbocycles. The van der Waals surface area contributed by atoms with Gasteiger partial charge in [0.2, 0.25) is 0 Å². The van der Waals surface area contributed by atoms with Crippen LogP contribution in [0.5, 0.6) is 0 Å². The second-order valence-corrected chi connectivity index (χ2v) is 8.06. The molecule has 0 radical (unpaired) electrons. The molecule has 0 spiro atoms. The molecule has 3 heteroatoms. The number of carbonyl (C=O) groups excluding carboxylic acids is 1. The monoisotopic (exact) mass is 356 g/mol. The molecule has 2 aliphatic rings. The Labute approximate surface area is 157 Å². The summed E-state index contributed by atoms with van der Waals surface area (Å²) in [6, 6.07) is 4.32. The first-order valence-electron chi connectivity index (χ1n) is 10.1. The summed E-state index contributed by atoms with van der Waals surface area (Å²) in [6.45, 7) is 10.2. The molecule has 0 amide bonds. The number of benzene rings is 1. The summed E-state index contributed by atoms with van der Waals surface area (Å²) in [6.07, 6.45) is 3.96. The fourth-order valence-corrected chi connectivity index (χ4v) is 4.75. The summed E-state index contributed by atoms with van der Waals surface area (Å²) in [5.41, 5.74) is 5.15. The molecule has 1 heterocycles. The zero-order valence-corrected chi connectivity index (χ0v) is 16.6. The number of ketones is 1. The molecular formula is C23H32O3. The molecule has 3 rings (SSSR count). The second kappa shape index (κ2) is 7.96. The van der Waals surface area contributed by atoms with Crippen molar-refractivity contribution < 1.29 is 14.6 Å². The van der Waals surface area contributed by atoms with E-state index in [-0.39, 0.29) is 11.7 Å². The molecule has 1 saturated heterocycles. The van der Waals surface area contributed by atoms with Gasteiger partial charge < -0.3 is 9.84 Å². The topological polar surface area (TPSA) is 46.5 Å². The Bertz CT molecular complexity index is 685. The van der Waals surface area contributed by atoms with Crippen LogP contribution in [0.2, 0.25) is 0 Å². The van der Waals surface area contributed by atoms with Crippen LogP contribution in [0.1, 0.15) is 62.3 Å². The van der Waals surface area contributed by atoms with Gasteiger partial charge in [-0.2, -0.15) is 0 Å². The van der Waals surface area contributed by atoms with E-state index in [1.165, 1.54) is 16.7 Å². The van der Waals surface area contributed by atoms with Crippen molar-refractivity contribution in [1.82, 2.24) is 0 Å². The van der Waals surface area contributed by atoms with E-state index in [2.05, 4.69) is 39.8 Å². The van der Waals surface area contributed by atoms with Gasteiger partial charge in [-0.05, 0) is 60.6 Å². The maximum absolute atomic E-state index is 13.1. The zero-order chi connectivity index (χ0) is 18.8.